The number of piperidine rings is 1. The van der Waals surface area contributed by atoms with Crippen LogP contribution in [0, 0.1) is 5.92 Å². The van der Waals surface area contributed by atoms with Gasteiger partial charge in [0.2, 0.25) is 0 Å². The van der Waals surface area contributed by atoms with E-state index in [-0.39, 0.29) is 0 Å². The first kappa shape index (κ1) is 12.6. The van der Waals surface area contributed by atoms with Crippen molar-refractivity contribution in [1.29, 1.82) is 0 Å². The van der Waals surface area contributed by atoms with Gasteiger partial charge < -0.3 is 10.0 Å². The first-order chi connectivity index (χ1) is 8.38. The third kappa shape index (κ3) is 4.14. The lowest BCUT2D eigenvalue weighted by Gasteiger charge is -2.32. The van der Waals surface area contributed by atoms with E-state index in [4.69, 9.17) is 5.11 Å². The van der Waals surface area contributed by atoms with Gasteiger partial charge in [0.25, 0.3) is 0 Å². The molecule has 1 saturated heterocycles. The average Bonchev–Trinajstić information content (AvgIpc) is 2.38. The van der Waals surface area contributed by atoms with Crippen molar-refractivity contribution in [2.75, 3.05) is 26.2 Å². The molecule has 1 unspecified atom stereocenters. The third-order valence-electron chi connectivity index (χ3n) is 3.60. The van der Waals surface area contributed by atoms with Crippen molar-refractivity contribution in [3.05, 3.63) is 35.9 Å². The monoisotopic (exact) mass is 233 g/mol. The molecule has 94 valence electrons. The number of aliphatic hydroxyl groups is 1. The molecule has 0 aliphatic carbocycles. The van der Waals surface area contributed by atoms with Crippen LogP contribution >= 0.6 is 0 Å². The molecule has 0 spiro atoms. The molecule has 1 N–H and O–H groups in total. The minimum Gasteiger partial charge on any atom is -0.396 e. The van der Waals surface area contributed by atoms with E-state index in [0.717, 1.165) is 18.9 Å². The maximum atomic E-state index is 8.87. The Morgan fingerprint density at radius 2 is 2.06 bits per heavy atom. The summed E-state index contributed by atoms with van der Waals surface area (Å²) in [6.45, 7) is 3.79. The van der Waals surface area contributed by atoms with E-state index < -0.39 is 0 Å². The summed E-state index contributed by atoms with van der Waals surface area (Å²) in [4.78, 5) is 2.51. The minimum absolute atomic E-state index is 0.319. The molecule has 0 saturated carbocycles. The Labute approximate surface area is 104 Å². The first-order valence-electron chi connectivity index (χ1n) is 6.75. The summed E-state index contributed by atoms with van der Waals surface area (Å²) in [6, 6.07) is 10.8. The molecule has 1 fully saturated rings. The highest BCUT2D eigenvalue weighted by Crippen LogP contribution is 2.20. The number of likely N-dealkylation sites (tertiary alicyclic amines) is 1. The molecule has 1 atom stereocenters. The summed E-state index contributed by atoms with van der Waals surface area (Å²) in [5.41, 5.74) is 1.46. The minimum atomic E-state index is 0.319. The van der Waals surface area contributed by atoms with Crippen LogP contribution in [-0.2, 0) is 6.42 Å². The molecular weight excluding hydrogens is 210 g/mol. The van der Waals surface area contributed by atoms with Crippen LogP contribution in [0.15, 0.2) is 30.3 Å². The van der Waals surface area contributed by atoms with Gasteiger partial charge >= 0.3 is 0 Å². The Kier molecular flexibility index (Phi) is 5.02. The van der Waals surface area contributed by atoms with Crippen LogP contribution in [-0.4, -0.2) is 36.2 Å². The fourth-order valence-electron chi connectivity index (χ4n) is 2.76. The SMILES string of the molecule is OCCCN1CCCC(Cc2ccccc2)C1. The van der Waals surface area contributed by atoms with Crippen LogP contribution in [0.5, 0.6) is 0 Å². The summed E-state index contributed by atoms with van der Waals surface area (Å²) < 4.78 is 0. The highest BCUT2D eigenvalue weighted by molar-refractivity contribution is 5.15. The standard InChI is InChI=1S/C15H23NO/c17-11-5-10-16-9-4-8-15(13-16)12-14-6-2-1-3-7-14/h1-3,6-7,15,17H,4-5,8-13H2. The van der Waals surface area contributed by atoms with E-state index in [1.807, 2.05) is 0 Å². The summed E-state index contributed by atoms with van der Waals surface area (Å²) in [6.07, 6.45) is 4.78. The molecule has 0 radical (unpaired) electrons. The first-order valence-corrected chi connectivity index (χ1v) is 6.75. The highest BCUT2D eigenvalue weighted by Gasteiger charge is 2.19. The van der Waals surface area contributed by atoms with Gasteiger partial charge in [-0.1, -0.05) is 30.3 Å². The van der Waals surface area contributed by atoms with Crippen molar-refractivity contribution >= 4 is 0 Å². The molecular formula is C15H23NO. The average molecular weight is 233 g/mol. The molecule has 1 aliphatic rings. The van der Waals surface area contributed by atoms with E-state index in [0.29, 0.717) is 6.61 Å². The van der Waals surface area contributed by atoms with Gasteiger partial charge in [-0.05, 0) is 43.7 Å². The van der Waals surface area contributed by atoms with Crippen LogP contribution in [0.3, 0.4) is 0 Å². The predicted octanol–water partition coefficient (Wildman–Crippen LogP) is 2.32. The summed E-state index contributed by atoms with van der Waals surface area (Å²) in [5.74, 6) is 0.796. The number of rotatable bonds is 5. The lowest BCUT2D eigenvalue weighted by Crippen LogP contribution is -2.37. The van der Waals surface area contributed by atoms with Crippen molar-refractivity contribution in [3.8, 4) is 0 Å². The maximum Gasteiger partial charge on any atom is 0.0443 e. The van der Waals surface area contributed by atoms with E-state index in [2.05, 4.69) is 35.2 Å². The lowest BCUT2D eigenvalue weighted by atomic mass is 9.91. The Balaban J connectivity index is 1.81. The van der Waals surface area contributed by atoms with E-state index in [1.165, 1.54) is 37.9 Å². The fourth-order valence-corrected chi connectivity index (χ4v) is 2.76. The van der Waals surface area contributed by atoms with Gasteiger partial charge in [-0.2, -0.15) is 0 Å². The van der Waals surface area contributed by atoms with Crippen molar-refractivity contribution in [2.24, 2.45) is 5.92 Å². The van der Waals surface area contributed by atoms with Crippen LogP contribution < -0.4 is 0 Å². The number of benzene rings is 1. The quantitative estimate of drug-likeness (QED) is 0.843. The lowest BCUT2D eigenvalue weighted by molar-refractivity contribution is 0.158. The molecule has 0 aromatic heterocycles. The predicted molar refractivity (Wildman–Crippen MR) is 71.0 cm³/mol. The third-order valence-corrected chi connectivity index (χ3v) is 3.60. The smallest absolute Gasteiger partial charge is 0.0443 e. The van der Waals surface area contributed by atoms with E-state index in [1.54, 1.807) is 0 Å². The Hall–Kier alpha value is -0.860. The van der Waals surface area contributed by atoms with Crippen molar-refractivity contribution < 1.29 is 5.11 Å². The second-order valence-electron chi connectivity index (χ2n) is 5.08. The van der Waals surface area contributed by atoms with Crippen LogP contribution in [0.25, 0.3) is 0 Å². The maximum absolute atomic E-state index is 8.87. The number of aliphatic hydroxyl groups excluding tert-OH is 1. The molecule has 2 heteroatoms. The summed E-state index contributed by atoms with van der Waals surface area (Å²) >= 11 is 0. The van der Waals surface area contributed by atoms with Gasteiger partial charge in [-0.3, -0.25) is 0 Å². The van der Waals surface area contributed by atoms with Crippen molar-refractivity contribution in [3.63, 3.8) is 0 Å². The van der Waals surface area contributed by atoms with Gasteiger partial charge in [-0.15, -0.1) is 0 Å². The molecule has 17 heavy (non-hydrogen) atoms. The van der Waals surface area contributed by atoms with Gasteiger partial charge in [0, 0.05) is 19.7 Å². The highest BCUT2D eigenvalue weighted by atomic mass is 16.3. The van der Waals surface area contributed by atoms with E-state index in [9.17, 15) is 0 Å². The fraction of sp³-hybridized carbons (Fsp3) is 0.600. The molecule has 1 aromatic carbocycles. The largest absolute Gasteiger partial charge is 0.396 e. The second kappa shape index (κ2) is 6.77. The number of hydrogen-bond donors (Lipinski definition) is 1. The number of hydrogen-bond acceptors (Lipinski definition) is 2. The molecule has 1 aromatic rings. The van der Waals surface area contributed by atoms with Gasteiger partial charge in [0.1, 0.15) is 0 Å². The van der Waals surface area contributed by atoms with Gasteiger partial charge in [-0.25, -0.2) is 0 Å². The molecule has 1 heterocycles. The zero-order chi connectivity index (χ0) is 11.9. The van der Waals surface area contributed by atoms with E-state index >= 15 is 0 Å². The molecule has 2 rings (SSSR count). The van der Waals surface area contributed by atoms with Crippen LogP contribution in [0.2, 0.25) is 0 Å². The number of nitrogens with zero attached hydrogens (tertiary/aromatic N) is 1. The summed E-state index contributed by atoms with van der Waals surface area (Å²) in [7, 11) is 0. The Morgan fingerprint density at radius 3 is 2.82 bits per heavy atom. The van der Waals surface area contributed by atoms with Gasteiger partial charge in [0.15, 0.2) is 0 Å². The molecule has 2 nitrogen and oxygen atoms in total. The Bertz CT molecular complexity index is 312. The van der Waals surface area contributed by atoms with Gasteiger partial charge in [0.05, 0.1) is 0 Å². The zero-order valence-electron chi connectivity index (χ0n) is 10.5. The summed E-state index contributed by atoms with van der Waals surface area (Å²) in [5, 5.41) is 8.87. The molecule has 1 aliphatic heterocycles. The second-order valence-corrected chi connectivity index (χ2v) is 5.08. The topological polar surface area (TPSA) is 23.5 Å². The van der Waals surface area contributed by atoms with Crippen LogP contribution in [0.1, 0.15) is 24.8 Å². The zero-order valence-corrected chi connectivity index (χ0v) is 10.5. The van der Waals surface area contributed by atoms with Crippen molar-refractivity contribution in [2.45, 2.75) is 25.7 Å². The Morgan fingerprint density at radius 1 is 1.24 bits per heavy atom. The normalized spacial score (nSPS) is 21.6. The van der Waals surface area contributed by atoms with Crippen molar-refractivity contribution in [1.82, 2.24) is 4.90 Å². The molecule has 0 bridgehead atoms. The van der Waals surface area contributed by atoms with Crippen LogP contribution in [0.4, 0.5) is 0 Å². The molecule has 0 amide bonds.